The van der Waals surface area contributed by atoms with E-state index in [2.05, 4.69) is 10.1 Å². The predicted molar refractivity (Wildman–Crippen MR) is 63.3 cm³/mol. The van der Waals surface area contributed by atoms with E-state index in [1.807, 2.05) is 0 Å². The van der Waals surface area contributed by atoms with Crippen LogP contribution < -0.4 is 11.1 Å². The molecule has 7 heteroatoms. The average molecular weight is 276 g/mol. The Morgan fingerprint density at radius 1 is 1.47 bits per heavy atom. The third-order valence-electron chi connectivity index (χ3n) is 2.44. The van der Waals surface area contributed by atoms with Crippen molar-refractivity contribution in [1.82, 2.24) is 5.32 Å². The van der Waals surface area contributed by atoms with Gasteiger partial charge in [0.25, 0.3) is 0 Å². The van der Waals surface area contributed by atoms with Crippen molar-refractivity contribution in [2.75, 3.05) is 20.3 Å². The number of nitrogens with two attached hydrogens (primary N) is 1. The maximum Gasteiger partial charge on any atom is 0.416 e. The number of ether oxygens (including phenoxy) is 1. The zero-order valence-corrected chi connectivity index (χ0v) is 10.3. The largest absolute Gasteiger partial charge is 0.416 e. The molecule has 0 saturated carbocycles. The molecule has 0 aliphatic carbocycles. The van der Waals surface area contributed by atoms with E-state index in [0.717, 1.165) is 12.1 Å². The van der Waals surface area contributed by atoms with Crippen molar-refractivity contribution < 1.29 is 22.7 Å². The van der Waals surface area contributed by atoms with Gasteiger partial charge in [-0.1, -0.05) is 12.1 Å². The molecule has 0 aliphatic rings. The highest BCUT2D eigenvalue weighted by Crippen LogP contribution is 2.30. The summed E-state index contributed by atoms with van der Waals surface area (Å²) in [6.45, 7) is -0.0706. The van der Waals surface area contributed by atoms with E-state index in [1.54, 1.807) is 0 Å². The molecule has 4 nitrogen and oxygen atoms in total. The van der Waals surface area contributed by atoms with Gasteiger partial charge >= 0.3 is 6.18 Å². The van der Waals surface area contributed by atoms with E-state index in [0.29, 0.717) is 5.56 Å². The molecule has 3 N–H and O–H groups in total. The molecule has 0 aromatic heterocycles. The predicted octanol–water partition coefficient (Wildman–Crippen LogP) is 1.47. The highest BCUT2D eigenvalue weighted by atomic mass is 19.4. The van der Waals surface area contributed by atoms with Gasteiger partial charge in [0, 0.05) is 19.7 Å². The molecule has 0 aliphatic heterocycles. The van der Waals surface area contributed by atoms with E-state index in [1.165, 1.54) is 19.2 Å². The summed E-state index contributed by atoms with van der Waals surface area (Å²) in [7, 11) is 1.37. The molecular formula is C12H15F3N2O2. The summed E-state index contributed by atoms with van der Waals surface area (Å²) in [4.78, 5) is 11.1. The molecule has 106 valence electrons. The first-order valence-corrected chi connectivity index (χ1v) is 5.53. The summed E-state index contributed by atoms with van der Waals surface area (Å²) >= 11 is 0. The van der Waals surface area contributed by atoms with Gasteiger partial charge in [-0.2, -0.15) is 13.2 Å². The molecule has 1 aromatic carbocycles. The summed E-state index contributed by atoms with van der Waals surface area (Å²) in [5.74, 6) is -0.370. The normalized spacial score (nSPS) is 13.1. The molecule has 0 heterocycles. The van der Waals surface area contributed by atoms with Gasteiger partial charge in [-0.25, -0.2) is 0 Å². The number of rotatable bonds is 5. The van der Waals surface area contributed by atoms with Gasteiger partial charge in [0.05, 0.1) is 5.56 Å². The fourth-order valence-corrected chi connectivity index (χ4v) is 1.47. The molecule has 0 radical (unpaired) electrons. The van der Waals surface area contributed by atoms with Crippen molar-refractivity contribution >= 4 is 5.91 Å². The number of halogens is 3. The Hall–Kier alpha value is -1.60. The number of alkyl halides is 3. The first-order valence-electron chi connectivity index (χ1n) is 5.53. The number of methoxy groups -OCH3 is 1. The van der Waals surface area contributed by atoms with Crippen molar-refractivity contribution in [1.29, 1.82) is 0 Å². The maximum atomic E-state index is 12.5. The highest BCUT2D eigenvalue weighted by Gasteiger charge is 2.30. The summed E-state index contributed by atoms with van der Waals surface area (Å²) in [6, 6.07) is 4.02. The van der Waals surface area contributed by atoms with Gasteiger partial charge in [-0.3, -0.25) is 4.79 Å². The lowest BCUT2D eigenvalue weighted by Crippen LogP contribution is -2.34. The lowest BCUT2D eigenvalue weighted by molar-refractivity contribution is -0.137. The number of amides is 1. The zero-order valence-electron chi connectivity index (χ0n) is 10.3. The van der Waals surface area contributed by atoms with E-state index < -0.39 is 17.8 Å². The lowest BCUT2D eigenvalue weighted by Gasteiger charge is -2.15. The van der Waals surface area contributed by atoms with Gasteiger partial charge < -0.3 is 15.8 Å². The minimum Gasteiger partial charge on any atom is -0.375 e. The van der Waals surface area contributed by atoms with Crippen molar-refractivity contribution in [3.8, 4) is 0 Å². The lowest BCUT2D eigenvalue weighted by atomic mass is 10.0. The monoisotopic (exact) mass is 276 g/mol. The SMILES string of the molecule is COCC(=O)NC[C@H](N)c1cccc(C(F)(F)F)c1. The van der Waals surface area contributed by atoms with Gasteiger partial charge in [0.1, 0.15) is 6.61 Å². The quantitative estimate of drug-likeness (QED) is 0.856. The Kier molecular flexibility index (Phi) is 5.31. The number of carbonyl (C=O) groups is 1. The minimum atomic E-state index is -4.41. The number of nitrogens with one attached hydrogen (secondary N) is 1. The first kappa shape index (κ1) is 15.5. The third-order valence-corrected chi connectivity index (χ3v) is 2.44. The van der Waals surface area contributed by atoms with Crippen molar-refractivity contribution in [3.63, 3.8) is 0 Å². The van der Waals surface area contributed by atoms with E-state index >= 15 is 0 Å². The number of hydrogen-bond donors (Lipinski definition) is 2. The Balaban J connectivity index is 2.67. The molecule has 0 bridgehead atoms. The van der Waals surface area contributed by atoms with Crippen LogP contribution in [0.25, 0.3) is 0 Å². The van der Waals surface area contributed by atoms with Crippen LogP contribution >= 0.6 is 0 Å². The summed E-state index contributed by atoms with van der Waals surface area (Å²) < 4.78 is 42.2. The van der Waals surface area contributed by atoms with E-state index in [4.69, 9.17) is 5.73 Å². The summed E-state index contributed by atoms with van der Waals surface area (Å²) in [5.41, 5.74) is 5.28. The second kappa shape index (κ2) is 6.53. The Morgan fingerprint density at radius 2 is 2.16 bits per heavy atom. The van der Waals surface area contributed by atoms with Crippen LogP contribution in [0.4, 0.5) is 13.2 Å². The summed E-state index contributed by atoms with van der Waals surface area (Å²) in [5, 5.41) is 2.47. The first-order chi connectivity index (χ1) is 8.84. The number of hydrogen-bond acceptors (Lipinski definition) is 3. The molecule has 0 spiro atoms. The smallest absolute Gasteiger partial charge is 0.375 e. The fourth-order valence-electron chi connectivity index (χ4n) is 1.47. The van der Waals surface area contributed by atoms with Crippen molar-refractivity contribution in [2.24, 2.45) is 5.73 Å². The minimum absolute atomic E-state index is 0.0451. The van der Waals surface area contributed by atoms with Crippen molar-refractivity contribution in [2.45, 2.75) is 12.2 Å². The second-order valence-electron chi connectivity index (χ2n) is 3.97. The van der Waals surface area contributed by atoms with Gasteiger partial charge in [-0.05, 0) is 17.7 Å². The molecule has 0 fully saturated rings. The van der Waals surface area contributed by atoms with Crippen LogP contribution in [0.2, 0.25) is 0 Å². The topological polar surface area (TPSA) is 64.3 Å². The molecule has 0 unspecified atom stereocenters. The van der Waals surface area contributed by atoms with Crippen LogP contribution in [0.1, 0.15) is 17.2 Å². The highest BCUT2D eigenvalue weighted by molar-refractivity contribution is 5.77. The molecule has 1 atom stereocenters. The van der Waals surface area contributed by atoms with Crippen LogP contribution in [0.5, 0.6) is 0 Å². The average Bonchev–Trinajstić information content (AvgIpc) is 2.35. The molecule has 19 heavy (non-hydrogen) atoms. The Morgan fingerprint density at radius 3 is 2.74 bits per heavy atom. The maximum absolute atomic E-state index is 12.5. The van der Waals surface area contributed by atoms with Crippen LogP contribution in [0, 0.1) is 0 Å². The Labute approximate surface area is 108 Å². The zero-order chi connectivity index (χ0) is 14.5. The van der Waals surface area contributed by atoms with Gasteiger partial charge in [-0.15, -0.1) is 0 Å². The van der Waals surface area contributed by atoms with Gasteiger partial charge in [0.15, 0.2) is 0 Å². The van der Waals surface area contributed by atoms with Crippen LogP contribution in [0.15, 0.2) is 24.3 Å². The number of carbonyl (C=O) groups excluding carboxylic acids is 1. The molecular weight excluding hydrogens is 261 g/mol. The third kappa shape index (κ3) is 4.88. The van der Waals surface area contributed by atoms with E-state index in [9.17, 15) is 18.0 Å². The van der Waals surface area contributed by atoms with Crippen LogP contribution in [0.3, 0.4) is 0 Å². The van der Waals surface area contributed by atoms with E-state index in [-0.39, 0.29) is 19.1 Å². The van der Waals surface area contributed by atoms with Crippen molar-refractivity contribution in [3.05, 3.63) is 35.4 Å². The standard InChI is InChI=1S/C12H15F3N2O2/c1-19-7-11(18)17-6-10(16)8-3-2-4-9(5-8)12(13,14)15/h2-5,10H,6-7,16H2,1H3,(H,17,18)/t10-/m0/s1. The Bertz CT molecular complexity index is 435. The fraction of sp³-hybridized carbons (Fsp3) is 0.417. The molecule has 0 saturated heterocycles. The van der Waals surface area contributed by atoms with Crippen LogP contribution in [-0.2, 0) is 15.7 Å². The molecule has 1 aromatic rings. The second-order valence-corrected chi connectivity index (χ2v) is 3.97. The molecule has 1 rings (SSSR count). The van der Waals surface area contributed by atoms with Gasteiger partial charge in [0.2, 0.25) is 5.91 Å². The number of benzene rings is 1. The summed E-state index contributed by atoms with van der Waals surface area (Å²) in [6.07, 6.45) is -4.41. The van der Waals surface area contributed by atoms with Crippen LogP contribution in [-0.4, -0.2) is 26.2 Å². The molecule has 1 amide bonds.